The Hall–Kier alpha value is -4.29. The van der Waals surface area contributed by atoms with E-state index < -0.39 is 23.6 Å². The molecule has 242 valence electrons. The fourth-order valence-electron chi connectivity index (χ4n) is 6.14. The molecule has 7 nitrogen and oxygen atoms in total. The number of benzene rings is 3. The SMILES string of the molecule is COCCn1c(-c2ccc3c(c2)c2c(n3CCOCc3ccc(C(F)(F)F)cc3)CCC(F)(F)C2)nc2cc(C(=O)OC)ccc21. The number of halogens is 5. The number of carbonyl (C=O) groups is 1. The largest absolute Gasteiger partial charge is 0.465 e. The molecule has 2 heterocycles. The molecule has 0 atom stereocenters. The van der Waals surface area contributed by atoms with Crippen LogP contribution < -0.4 is 0 Å². The first kappa shape index (κ1) is 31.7. The van der Waals surface area contributed by atoms with Gasteiger partial charge in [0.1, 0.15) is 5.82 Å². The van der Waals surface area contributed by atoms with Crippen LogP contribution in [0.2, 0.25) is 0 Å². The maximum Gasteiger partial charge on any atom is 0.416 e. The fourth-order valence-corrected chi connectivity index (χ4v) is 6.14. The van der Waals surface area contributed by atoms with Crippen LogP contribution in [0.4, 0.5) is 22.0 Å². The topological polar surface area (TPSA) is 67.5 Å². The van der Waals surface area contributed by atoms with Crippen molar-refractivity contribution in [2.45, 2.75) is 51.1 Å². The Morgan fingerprint density at radius 1 is 0.935 bits per heavy atom. The maximum absolute atomic E-state index is 14.7. The number of imidazole rings is 1. The van der Waals surface area contributed by atoms with E-state index in [1.54, 1.807) is 25.3 Å². The molecule has 0 saturated carbocycles. The summed E-state index contributed by atoms with van der Waals surface area (Å²) in [7, 11) is 2.91. The molecule has 0 fully saturated rings. The van der Waals surface area contributed by atoms with Crippen molar-refractivity contribution >= 4 is 27.9 Å². The van der Waals surface area contributed by atoms with E-state index in [1.807, 2.05) is 27.3 Å². The molecule has 0 spiro atoms. The molecule has 3 aromatic carbocycles. The number of carbonyl (C=O) groups excluding carboxylic acids is 1. The van der Waals surface area contributed by atoms with E-state index in [9.17, 15) is 26.7 Å². The Morgan fingerprint density at radius 3 is 2.39 bits per heavy atom. The molecule has 6 rings (SSSR count). The smallest absolute Gasteiger partial charge is 0.416 e. The van der Waals surface area contributed by atoms with E-state index in [4.69, 9.17) is 19.2 Å². The van der Waals surface area contributed by atoms with Gasteiger partial charge in [-0.25, -0.2) is 18.6 Å². The number of hydrogen-bond acceptors (Lipinski definition) is 5. The second-order valence-corrected chi connectivity index (χ2v) is 11.4. The second-order valence-electron chi connectivity index (χ2n) is 11.4. The molecule has 0 saturated heterocycles. The van der Waals surface area contributed by atoms with Crippen molar-refractivity contribution in [3.05, 3.63) is 88.6 Å². The zero-order valence-electron chi connectivity index (χ0n) is 25.3. The van der Waals surface area contributed by atoms with E-state index in [0.29, 0.717) is 53.1 Å². The zero-order chi connectivity index (χ0) is 32.6. The summed E-state index contributed by atoms with van der Waals surface area (Å²) in [5.41, 5.74) is 4.55. The van der Waals surface area contributed by atoms with Crippen molar-refractivity contribution in [3.63, 3.8) is 0 Å². The Labute approximate surface area is 261 Å². The molecule has 0 bridgehead atoms. The predicted molar refractivity (Wildman–Crippen MR) is 162 cm³/mol. The molecule has 1 aliphatic rings. The molecule has 1 aliphatic carbocycles. The van der Waals surface area contributed by atoms with Gasteiger partial charge in [-0.05, 0) is 66.1 Å². The number of fused-ring (bicyclic) bond motifs is 4. The van der Waals surface area contributed by atoms with Crippen molar-refractivity contribution in [1.29, 1.82) is 0 Å². The van der Waals surface area contributed by atoms with Gasteiger partial charge in [0.05, 0.1) is 49.1 Å². The van der Waals surface area contributed by atoms with Crippen LogP contribution in [0, 0.1) is 0 Å². The van der Waals surface area contributed by atoms with E-state index in [0.717, 1.165) is 34.4 Å². The van der Waals surface area contributed by atoms with Crippen LogP contribution in [0.25, 0.3) is 33.3 Å². The molecular weight excluding hydrogens is 609 g/mol. The van der Waals surface area contributed by atoms with Gasteiger partial charge in [-0.1, -0.05) is 12.1 Å². The predicted octanol–water partition coefficient (Wildman–Crippen LogP) is 7.45. The van der Waals surface area contributed by atoms with E-state index in [-0.39, 0.29) is 32.5 Å². The van der Waals surface area contributed by atoms with Crippen molar-refractivity contribution in [2.75, 3.05) is 27.4 Å². The molecule has 2 aromatic heterocycles. The first-order valence-corrected chi connectivity index (χ1v) is 14.8. The lowest BCUT2D eigenvalue weighted by atomic mass is 9.92. The zero-order valence-corrected chi connectivity index (χ0v) is 25.3. The van der Waals surface area contributed by atoms with Gasteiger partial charge in [0.25, 0.3) is 5.92 Å². The van der Waals surface area contributed by atoms with Crippen LogP contribution in [0.3, 0.4) is 0 Å². The quantitative estimate of drug-likeness (QED) is 0.0901. The summed E-state index contributed by atoms with van der Waals surface area (Å²) in [6, 6.07) is 15.6. The minimum Gasteiger partial charge on any atom is -0.465 e. The average Bonchev–Trinajstić information content (AvgIpc) is 3.54. The molecule has 0 aliphatic heterocycles. The average molecular weight is 642 g/mol. The lowest BCUT2D eigenvalue weighted by molar-refractivity contribution is -0.137. The number of rotatable bonds is 10. The molecule has 0 unspecified atom stereocenters. The highest BCUT2D eigenvalue weighted by atomic mass is 19.4. The van der Waals surface area contributed by atoms with Gasteiger partial charge < -0.3 is 23.3 Å². The third-order valence-corrected chi connectivity index (χ3v) is 8.41. The van der Waals surface area contributed by atoms with Gasteiger partial charge in [0.2, 0.25) is 0 Å². The van der Waals surface area contributed by atoms with E-state index in [1.165, 1.54) is 19.2 Å². The third-order valence-electron chi connectivity index (χ3n) is 8.41. The molecular formula is C34H32F5N3O4. The highest BCUT2D eigenvalue weighted by Gasteiger charge is 2.37. The number of esters is 1. The van der Waals surface area contributed by atoms with Crippen LogP contribution in [0.1, 0.15) is 39.2 Å². The maximum atomic E-state index is 14.7. The van der Waals surface area contributed by atoms with Crippen LogP contribution in [-0.2, 0) is 52.9 Å². The monoisotopic (exact) mass is 641 g/mol. The summed E-state index contributed by atoms with van der Waals surface area (Å²) in [5.74, 6) is -2.70. The first-order valence-electron chi connectivity index (χ1n) is 14.8. The lowest BCUT2D eigenvalue weighted by Gasteiger charge is -2.23. The molecule has 5 aromatic rings. The van der Waals surface area contributed by atoms with Gasteiger partial charge in [-0.3, -0.25) is 0 Å². The summed E-state index contributed by atoms with van der Waals surface area (Å²) in [6.45, 7) is 1.64. The fraction of sp³-hybridized carbons (Fsp3) is 0.353. The number of ether oxygens (including phenoxy) is 3. The Balaban J connectivity index is 1.32. The summed E-state index contributed by atoms with van der Waals surface area (Å²) in [6.07, 6.45) is -4.85. The number of alkyl halides is 5. The van der Waals surface area contributed by atoms with E-state index >= 15 is 0 Å². The summed E-state index contributed by atoms with van der Waals surface area (Å²) in [4.78, 5) is 17.0. The Kier molecular flexibility index (Phi) is 8.60. The van der Waals surface area contributed by atoms with Gasteiger partial charge >= 0.3 is 12.1 Å². The summed E-state index contributed by atoms with van der Waals surface area (Å²) >= 11 is 0. The van der Waals surface area contributed by atoms with Crippen LogP contribution in [0.15, 0.2) is 60.7 Å². The number of methoxy groups -OCH3 is 2. The third kappa shape index (κ3) is 6.23. The highest BCUT2D eigenvalue weighted by Crippen LogP contribution is 2.40. The Bertz CT molecular complexity index is 1890. The highest BCUT2D eigenvalue weighted by molar-refractivity contribution is 5.95. The molecule has 0 amide bonds. The van der Waals surface area contributed by atoms with Gasteiger partial charge in [0.15, 0.2) is 0 Å². The number of nitrogens with zero attached hydrogens (tertiary/aromatic N) is 3. The molecule has 0 N–H and O–H groups in total. The van der Waals surface area contributed by atoms with Crippen LogP contribution in [0.5, 0.6) is 0 Å². The number of hydrogen-bond donors (Lipinski definition) is 0. The van der Waals surface area contributed by atoms with Crippen LogP contribution in [-0.4, -0.2) is 53.4 Å². The van der Waals surface area contributed by atoms with Crippen LogP contribution >= 0.6 is 0 Å². The summed E-state index contributed by atoms with van der Waals surface area (Å²) in [5, 5.41) is 0.704. The summed E-state index contributed by atoms with van der Waals surface area (Å²) < 4.78 is 88.1. The van der Waals surface area contributed by atoms with Crippen molar-refractivity contribution in [2.24, 2.45) is 0 Å². The minimum absolute atomic E-state index is 0.122. The lowest BCUT2D eigenvalue weighted by Crippen LogP contribution is -2.26. The van der Waals surface area contributed by atoms with Crippen molar-refractivity contribution in [3.8, 4) is 11.4 Å². The minimum atomic E-state index is -4.41. The number of aromatic nitrogens is 3. The van der Waals surface area contributed by atoms with Gasteiger partial charge in [0, 0.05) is 55.2 Å². The molecule has 46 heavy (non-hydrogen) atoms. The Morgan fingerprint density at radius 2 is 1.67 bits per heavy atom. The normalized spacial score (nSPS) is 14.6. The molecule has 12 heteroatoms. The standard InChI is InChI=1S/C34H32F5N3O4/c1-44-15-13-42-30-10-6-23(32(43)45-2)18-27(30)40-31(42)22-5-9-28-25(17-22)26-19-33(35,36)12-11-29(26)41(28)14-16-46-20-21-3-7-24(8-4-21)34(37,38)39/h3-10,17-18H,11-16,19-20H2,1-2H3. The second kappa shape index (κ2) is 12.5. The van der Waals surface area contributed by atoms with Crippen molar-refractivity contribution in [1.82, 2.24) is 14.1 Å². The van der Waals surface area contributed by atoms with E-state index in [2.05, 4.69) is 0 Å². The van der Waals surface area contributed by atoms with Crippen molar-refractivity contribution < 1.29 is 41.0 Å². The van der Waals surface area contributed by atoms with Gasteiger partial charge in [-0.15, -0.1) is 0 Å². The first-order chi connectivity index (χ1) is 22.0. The van der Waals surface area contributed by atoms with Gasteiger partial charge in [-0.2, -0.15) is 13.2 Å². The molecule has 0 radical (unpaired) electrons.